The number of hydrogen-bond acceptors (Lipinski definition) is 5. The minimum Gasteiger partial charge on any atom is -0.496 e. The molecule has 1 aromatic carbocycles. The second-order valence-corrected chi connectivity index (χ2v) is 6.47. The van der Waals surface area contributed by atoms with Crippen LogP contribution in [-0.4, -0.2) is 58.8 Å². The van der Waals surface area contributed by atoms with E-state index in [0.717, 1.165) is 11.8 Å². The van der Waals surface area contributed by atoms with E-state index in [-0.39, 0.29) is 28.8 Å². The molecule has 6 nitrogen and oxygen atoms in total. The Morgan fingerprint density at radius 1 is 1.22 bits per heavy atom. The summed E-state index contributed by atoms with van der Waals surface area (Å²) in [4.78, 5) is 39.3. The highest BCUT2D eigenvalue weighted by molar-refractivity contribution is 8.14. The van der Waals surface area contributed by atoms with Gasteiger partial charge in [0.25, 0.3) is 11.1 Å². The lowest BCUT2D eigenvalue weighted by Crippen LogP contribution is -2.48. The lowest BCUT2D eigenvalue weighted by Gasteiger charge is -2.35. The Morgan fingerprint density at radius 3 is 2.52 bits per heavy atom. The van der Waals surface area contributed by atoms with Crippen molar-refractivity contribution in [3.8, 4) is 5.75 Å². The Hall–Kier alpha value is -2.02. The van der Waals surface area contributed by atoms with Crippen molar-refractivity contribution in [2.45, 2.75) is 18.9 Å². The number of imide groups is 1. The van der Waals surface area contributed by atoms with E-state index in [2.05, 4.69) is 0 Å². The molecule has 122 valence electrons. The third-order valence-corrected chi connectivity index (χ3v) is 5.07. The molecule has 0 N–H and O–H groups in total. The summed E-state index contributed by atoms with van der Waals surface area (Å²) in [7, 11) is 1.54. The summed E-state index contributed by atoms with van der Waals surface area (Å²) in [5, 5.41) is -0.162. The number of nitrogens with zero attached hydrogens (tertiary/aromatic N) is 2. The molecule has 0 bridgehead atoms. The summed E-state index contributed by atoms with van der Waals surface area (Å²) in [5.41, 5.74) is 0.539. The summed E-state index contributed by atoms with van der Waals surface area (Å²) < 4.78 is 5.24. The van der Waals surface area contributed by atoms with E-state index in [1.807, 2.05) is 6.07 Å². The Labute approximate surface area is 138 Å². The highest BCUT2D eigenvalue weighted by Gasteiger charge is 2.38. The first-order valence-corrected chi connectivity index (χ1v) is 8.51. The zero-order valence-electron chi connectivity index (χ0n) is 12.9. The fraction of sp³-hybridized carbons (Fsp3) is 0.438. The summed E-state index contributed by atoms with van der Waals surface area (Å²) >= 11 is 1.06. The largest absolute Gasteiger partial charge is 0.496 e. The van der Waals surface area contributed by atoms with Gasteiger partial charge >= 0.3 is 0 Å². The minimum atomic E-state index is -0.162. The molecule has 2 saturated heterocycles. The van der Waals surface area contributed by atoms with E-state index in [0.29, 0.717) is 37.2 Å². The molecule has 2 aliphatic rings. The van der Waals surface area contributed by atoms with Gasteiger partial charge in [-0.05, 0) is 25.0 Å². The van der Waals surface area contributed by atoms with Crippen molar-refractivity contribution in [1.29, 1.82) is 0 Å². The predicted octanol–water partition coefficient (Wildman–Crippen LogP) is 2.00. The number of methoxy groups -OCH3 is 1. The Kier molecular flexibility index (Phi) is 4.56. The molecule has 2 heterocycles. The molecule has 0 radical (unpaired) electrons. The maximum absolute atomic E-state index is 12.6. The number of amides is 3. The maximum atomic E-state index is 12.6. The molecule has 0 atom stereocenters. The molecule has 1 aromatic rings. The van der Waals surface area contributed by atoms with Gasteiger partial charge in [-0.15, -0.1) is 0 Å². The van der Waals surface area contributed by atoms with Gasteiger partial charge in [-0.2, -0.15) is 0 Å². The lowest BCUT2D eigenvalue weighted by molar-refractivity contribution is -0.126. The number of carbonyl (C=O) groups excluding carboxylic acids is 3. The topological polar surface area (TPSA) is 66.9 Å². The lowest BCUT2D eigenvalue weighted by atomic mass is 10.0. The van der Waals surface area contributed by atoms with Gasteiger partial charge in [-0.25, -0.2) is 0 Å². The third kappa shape index (κ3) is 3.06. The van der Waals surface area contributed by atoms with Gasteiger partial charge in [0.1, 0.15) is 5.75 Å². The van der Waals surface area contributed by atoms with Crippen LogP contribution >= 0.6 is 11.8 Å². The average molecular weight is 334 g/mol. The summed E-state index contributed by atoms with van der Waals surface area (Å²) in [6, 6.07) is 7.05. The van der Waals surface area contributed by atoms with E-state index in [9.17, 15) is 14.4 Å². The van der Waals surface area contributed by atoms with Gasteiger partial charge in [0, 0.05) is 19.1 Å². The van der Waals surface area contributed by atoms with Crippen LogP contribution in [0.25, 0.3) is 0 Å². The number of ether oxygens (including phenoxy) is 1. The molecule has 23 heavy (non-hydrogen) atoms. The molecule has 0 spiro atoms. The predicted molar refractivity (Wildman–Crippen MR) is 86.6 cm³/mol. The highest BCUT2D eigenvalue weighted by atomic mass is 32.2. The third-order valence-electron chi connectivity index (χ3n) is 4.24. The first-order valence-electron chi connectivity index (χ1n) is 7.53. The van der Waals surface area contributed by atoms with Gasteiger partial charge in [0.2, 0.25) is 5.91 Å². The van der Waals surface area contributed by atoms with E-state index in [4.69, 9.17) is 4.74 Å². The maximum Gasteiger partial charge on any atom is 0.289 e. The fourth-order valence-electron chi connectivity index (χ4n) is 3.04. The standard InChI is InChI=1S/C16H18N2O4S/c1-22-13-5-3-2-4-12(13)15(20)17-8-6-11(7-9-17)18-14(19)10-23-16(18)21/h2-5,11H,6-10H2,1H3. The summed E-state index contributed by atoms with van der Waals surface area (Å²) in [6.45, 7) is 1.06. The number of carbonyl (C=O) groups is 3. The molecular weight excluding hydrogens is 316 g/mol. The quantitative estimate of drug-likeness (QED) is 0.846. The number of piperidine rings is 1. The molecule has 0 saturated carbocycles. The zero-order valence-corrected chi connectivity index (χ0v) is 13.7. The normalized spacial score (nSPS) is 19.3. The molecule has 3 rings (SSSR count). The van der Waals surface area contributed by atoms with Crippen LogP contribution in [0.1, 0.15) is 23.2 Å². The van der Waals surface area contributed by atoms with Crippen LogP contribution in [0.3, 0.4) is 0 Å². The molecule has 2 aliphatic heterocycles. The van der Waals surface area contributed by atoms with Crippen molar-refractivity contribution in [2.75, 3.05) is 26.0 Å². The highest BCUT2D eigenvalue weighted by Crippen LogP contribution is 2.28. The Balaban J connectivity index is 1.66. The summed E-state index contributed by atoms with van der Waals surface area (Å²) in [5.74, 6) is 0.601. The van der Waals surface area contributed by atoms with E-state index < -0.39 is 0 Å². The van der Waals surface area contributed by atoms with Crippen LogP contribution in [0.2, 0.25) is 0 Å². The van der Waals surface area contributed by atoms with Gasteiger partial charge in [-0.1, -0.05) is 23.9 Å². The zero-order chi connectivity index (χ0) is 16.4. The number of benzene rings is 1. The molecule has 3 amide bonds. The van der Waals surface area contributed by atoms with Crippen LogP contribution in [0.4, 0.5) is 4.79 Å². The number of rotatable bonds is 3. The van der Waals surface area contributed by atoms with Crippen LogP contribution in [0.5, 0.6) is 5.75 Å². The van der Waals surface area contributed by atoms with Crippen LogP contribution < -0.4 is 4.74 Å². The first kappa shape index (κ1) is 15.9. The molecule has 0 aliphatic carbocycles. The molecule has 0 unspecified atom stereocenters. The van der Waals surface area contributed by atoms with Crippen molar-refractivity contribution in [1.82, 2.24) is 9.80 Å². The van der Waals surface area contributed by atoms with Gasteiger partial charge in [-0.3, -0.25) is 19.3 Å². The minimum absolute atomic E-state index is 0.0747. The van der Waals surface area contributed by atoms with Crippen molar-refractivity contribution in [3.05, 3.63) is 29.8 Å². The molecule has 7 heteroatoms. The van der Waals surface area contributed by atoms with E-state index in [1.165, 1.54) is 4.90 Å². The van der Waals surface area contributed by atoms with Gasteiger partial charge in [0.05, 0.1) is 18.4 Å². The van der Waals surface area contributed by atoms with Crippen LogP contribution in [0, 0.1) is 0 Å². The smallest absolute Gasteiger partial charge is 0.289 e. The van der Waals surface area contributed by atoms with Crippen LogP contribution in [0.15, 0.2) is 24.3 Å². The number of hydrogen-bond donors (Lipinski definition) is 0. The van der Waals surface area contributed by atoms with Gasteiger partial charge in [0.15, 0.2) is 0 Å². The van der Waals surface area contributed by atoms with Crippen molar-refractivity contribution < 1.29 is 19.1 Å². The fourth-order valence-corrected chi connectivity index (χ4v) is 3.81. The van der Waals surface area contributed by atoms with E-state index in [1.54, 1.807) is 30.2 Å². The SMILES string of the molecule is COc1ccccc1C(=O)N1CCC(N2C(=O)CSC2=O)CC1. The second kappa shape index (κ2) is 6.62. The van der Waals surface area contributed by atoms with Crippen molar-refractivity contribution >= 4 is 28.8 Å². The van der Waals surface area contributed by atoms with Crippen LogP contribution in [-0.2, 0) is 4.79 Å². The molecule has 0 aromatic heterocycles. The second-order valence-electron chi connectivity index (χ2n) is 5.54. The first-order chi connectivity index (χ1) is 11.1. The number of likely N-dealkylation sites (tertiary alicyclic amines) is 1. The van der Waals surface area contributed by atoms with Gasteiger partial charge < -0.3 is 9.64 Å². The Morgan fingerprint density at radius 2 is 1.91 bits per heavy atom. The molecular formula is C16H18N2O4S. The summed E-state index contributed by atoms with van der Waals surface area (Å²) in [6.07, 6.45) is 1.25. The van der Waals surface area contributed by atoms with Crippen molar-refractivity contribution in [2.24, 2.45) is 0 Å². The Bertz CT molecular complexity index is 625. The number of thioether (sulfide) groups is 1. The average Bonchev–Trinajstić information content (AvgIpc) is 2.93. The van der Waals surface area contributed by atoms with Crippen molar-refractivity contribution in [3.63, 3.8) is 0 Å². The van der Waals surface area contributed by atoms with E-state index >= 15 is 0 Å². The molecule has 2 fully saturated rings. The number of para-hydroxylation sites is 1. The monoisotopic (exact) mass is 334 g/mol.